The quantitative estimate of drug-likeness (QED) is 0.272. The minimum absolute atomic E-state index is 0.147. The van der Waals surface area contributed by atoms with Crippen LogP contribution in [-0.4, -0.2) is 42.9 Å². The highest BCUT2D eigenvalue weighted by molar-refractivity contribution is 6.15. The Morgan fingerprint density at radius 1 is 1.11 bits per heavy atom. The van der Waals surface area contributed by atoms with Gasteiger partial charge in [0.05, 0.1) is 20.1 Å². The minimum atomic E-state index is -0.206. The van der Waals surface area contributed by atoms with E-state index in [9.17, 15) is 14.4 Å². The number of rotatable bonds is 10. The predicted molar refractivity (Wildman–Crippen MR) is 102 cm³/mol. The second-order valence-electron chi connectivity index (χ2n) is 6.44. The Morgan fingerprint density at radius 3 is 2.48 bits per heavy atom. The van der Waals surface area contributed by atoms with E-state index in [1.54, 1.807) is 20.1 Å². The third-order valence-corrected chi connectivity index (χ3v) is 4.44. The first kappa shape index (κ1) is 20.7. The number of benzene rings is 1. The number of esters is 1. The van der Waals surface area contributed by atoms with Gasteiger partial charge in [-0.25, -0.2) is 0 Å². The normalized spacial score (nSPS) is 15.5. The highest BCUT2D eigenvalue weighted by Crippen LogP contribution is 2.23. The van der Waals surface area contributed by atoms with Crippen LogP contribution in [0.1, 0.15) is 51.0 Å². The summed E-state index contributed by atoms with van der Waals surface area (Å²) in [5.41, 5.74) is 1.39. The first-order chi connectivity index (χ1) is 13.0. The van der Waals surface area contributed by atoms with Crippen molar-refractivity contribution in [2.24, 2.45) is 0 Å². The Balaban J connectivity index is 1.78. The summed E-state index contributed by atoms with van der Waals surface area (Å²) in [5.74, 6) is 0.222. The molecule has 0 radical (unpaired) electrons. The van der Waals surface area contributed by atoms with Gasteiger partial charge < -0.3 is 9.47 Å². The molecule has 0 saturated carbocycles. The van der Waals surface area contributed by atoms with E-state index in [2.05, 4.69) is 0 Å². The highest BCUT2D eigenvalue weighted by atomic mass is 16.5. The fraction of sp³-hybridized carbons (Fsp3) is 0.476. The summed E-state index contributed by atoms with van der Waals surface area (Å²) in [5, 5.41) is 0. The zero-order valence-electron chi connectivity index (χ0n) is 16.0. The summed E-state index contributed by atoms with van der Waals surface area (Å²) < 4.78 is 10.00. The molecular weight excluding hydrogens is 346 g/mol. The van der Waals surface area contributed by atoms with E-state index in [0.717, 1.165) is 37.0 Å². The summed E-state index contributed by atoms with van der Waals surface area (Å²) >= 11 is 0. The van der Waals surface area contributed by atoms with Gasteiger partial charge in [0.25, 0.3) is 5.91 Å². The van der Waals surface area contributed by atoms with Crippen molar-refractivity contribution in [3.05, 3.63) is 35.4 Å². The summed E-state index contributed by atoms with van der Waals surface area (Å²) in [4.78, 5) is 37.2. The second-order valence-corrected chi connectivity index (χ2v) is 6.44. The van der Waals surface area contributed by atoms with E-state index in [4.69, 9.17) is 9.47 Å². The average molecular weight is 373 g/mol. The van der Waals surface area contributed by atoms with Gasteiger partial charge in [-0.1, -0.05) is 25.0 Å². The number of carbonyl (C=O) groups is 3. The van der Waals surface area contributed by atoms with E-state index < -0.39 is 0 Å². The van der Waals surface area contributed by atoms with Gasteiger partial charge in [-0.3, -0.25) is 19.3 Å². The predicted octanol–water partition coefficient (Wildman–Crippen LogP) is 3.35. The van der Waals surface area contributed by atoms with Gasteiger partial charge >= 0.3 is 5.97 Å². The highest BCUT2D eigenvalue weighted by Gasteiger charge is 2.32. The van der Waals surface area contributed by atoms with Crippen LogP contribution in [0.15, 0.2) is 29.8 Å². The monoisotopic (exact) mass is 373 g/mol. The molecule has 0 aliphatic carbocycles. The molecule has 0 atom stereocenters. The van der Waals surface area contributed by atoms with Gasteiger partial charge in [0.1, 0.15) is 5.75 Å². The molecule has 1 fully saturated rings. The maximum atomic E-state index is 12.5. The lowest BCUT2D eigenvalue weighted by Crippen LogP contribution is -2.30. The zero-order chi connectivity index (χ0) is 19.6. The van der Waals surface area contributed by atoms with E-state index in [1.807, 2.05) is 24.3 Å². The Hall–Kier alpha value is -2.63. The molecular formula is C21H27NO5. The summed E-state index contributed by atoms with van der Waals surface area (Å²) in [6.07, 6.45) is 5.59. The summed E-state index contributed by atoms with van der Waals surface area (Å²) in [7, 11) is 1.60. The zero-order valence-corrected chi connectivity index (χ0v) is 16.0. The van der Waals surface area contributed by atoms with Crippen LogP contribution < -0.4 is 4.74 Å². The molecule has 0 N–H and O–H groups in total. The van der Waals surface area contributed by atoms with Gasteiger partial charge in [0, 0.05) is 18.5 Å². The van der Waals surface area contributed by atoms with E-state index >= 15 is 0 Å². The van der Waals surface area contributed by atoms with Crippen molar-refractivity contribution in [1.82, 2.24) is 4.90 Å². The molecule has 0 unspecified atom stereocenters. The number of hydrogen-bond donors (Lipinski definition) is 0. The number of hydrogen-bond acceptors (Lipinski definition) is 5. The smallest absolute Gasteiger partial charge is 0.305 e. The number of carbonyl (C=O) groups excluding carboxylic acids is 3. The van der Waals surface area contributed by atoms with Crippen LogP contribution in [0, 0.1) is 0 Å². The van der Waals surface area contributed by atoms with Crippen LogP contribution in [0.25, 0.3) is 6.08 Å². The minimum Gasteiger partial charge on any atom is -0.497 e. The van der Waals surface area contributed by atoms with Crippen molar-refractivity contribution in [3.63, 3.8) is 0 Å². The molecule has 2 amide bonds. The SMILES string of the molecule is CCOC(=O)CCCCCCN1C(=O)CC(=Cc2ccc(OC)cc2)C1=O. The molecule has 6 nitrogen and oxygen atoms in total. The molecule has 27 heavy (non-hydrogen) atoms. The lowest BCUT2D eigenvalue weighted by atomic mass is 10.1. The summed E-state index contributed by atoms with van der Waals surface area (Å²) in [6.45, 7) is 2.63. The molecule has 1 aromatic carbocycles. The van der Waals surface area contributed by atoms with Crippen molar-refractivity contribution >= 4 is 23.9 Å². The molecule has 1 aliphatic rings. The number of amides is 2. The molecule has 1 aliphatic heterocycles. The topological polar surface area (TPSA) is 72.9 Å². The van der Waals surface area contributed by atoms with Crippen LogP contribution in [0.5, 0.6) is 5.75 Å². The number of ether oxygens (including phenoxy) is 2. The Labute approximate surface area is 160 Å². The van der Waals surface area contributed by atoms with Crippen molar-refractivity contribution in [2.45, 2.75) is 45.4 Å². The van der Waals surface area contributed by atoms with Gasteiger partial charge in [0.2, 0.25) is 5.91 Å². The van der Waals surface area contributed by atoms with Gasteiger partial charge in [-0.05, 0) is 43.5 Å². The second kappa shape index (κ2) is 10.5. The fourth-order valence-electron chi connectivity index (χ4n) is 2.99. The molecule has 1 saturated heterocycles. The molecule has 146 valence electrons. The first-order valence-corrected chi connectivity index (χ1v) is 9.40. The van der Waals surface area contributed by atoms with Gasteiger partial charge in [-0.2, -0.15) is 0 Å². The van der Waals surface area contributed by atoms with Crippen molar-refractivity contribution in [1.29, 1.82) is 0 Å². The number of imide groups is 1. The molecule has 0 bridgehead atoms. The summed E-state index contributed by atoms with van der Waals surface area (Å²) in [6, 6.07) is 7.36. The first-order valence-electron chi connectivity index (χ1n) is 9.40. The van der Waals surface area contributed by atoms with Crippen molar-refractivity contribution < 1.29 is 23.9 Å². The Kier molecular flexibility index (Phi) is 8.04. The number of methoxy groups -OCH3 is 1. The number of likely N-dealkylation sites (tertiary alicyclic amines) is 1. The lowest BCUT2D eigenvalue weighted by molar-refractivity contribution is -0.143. The maximum Gasteiger partial charge on any atom is 0.305 e. The van der Waals surface area contributed by atoms with Crippen molar-refractivity contribution in [2.75, 3.05) is 20.3 Å². The lowest BCUT2D eigenvalue weighted by Gasteiger charge is -2.13. The van der Waals surface area contributed by atoms with Crippen molar-refractivity contribution in [3.8, 4) is 5.75 Å². The van der Waals surface area contributed by atoms with E-state index in [1.165, 1.54) is 4.90 Å². The molecule has 1 heterocycles. The molecule has 6 heteroatoms. The largest absolute Gasteiger partial charge is 0.497 e. The Bertz CT molecular complexity index is 693. The van der Waals surface area contributed by atoms with Crippen LogP contribution >= 0.6 is 0 Å². The molecule has 0 aromatic heterocycles. The standard InChI is InChI=1S/C21H27NO5/c1-3-27-20(24)8-6-4-5-7-13-22-19(23)15-17(21(22)25)14-16-9-11-18(26-2)12-10-16/h9-12,14H,3-8,13,15H2,1-2H3. The fourth-order valence-corrected chi connectivity index (χ4v) is 2.99. The van der Waals surface area contributed by atoms with Crippen LogP contribution in [0.3, 0.4) is 0 Å². The molecule has 0 spiro atoms. The van der Waals surface area contributed by atoms with Gasteiger partial charge in [-0.15, -0.1) is 0 Å². The van der Waals surface area contributed by atoms with Crippen LogP contribution in [0.2, 0.25) is 0 Å². The van der Waals surface area contributed by atoms with Crippen LogP contribution in [-0.2, 0) is 19.1 Å². The third-order valence-electron chi connectivity index (χ3n) is 4.44. The number of nitrogens with zero attached hydrogens (tertiary/aromatic N) is 1. The van der Waals surface area contributed by atoms with Gasteiger partial charge in [0.15, 0.2) is 0 Å². The Morgan fingerprint density at radius 2 is 1.81 bits per heavy atom. The average Bonchev–Trinajstić information content (AvgIpc) is 2.92. The molecule has 2 rings (SSSR count). The molecule has 1 aromatic rings. The number of unbranched alkanes of at least 4 members (excludes halogenated alkanes) is 3. The van der Waals surface area contributed by atoms with E-state index in [-0.39, 0.29) is 24.2 Å². The third kappa shape index (κ3) is 6.24. The van der Waals surface area contributed by atoms with Crippen LogP contribution in [0.4, 0.5) is 0 Å². The van der Waals surface area contributed by atoms with E-state index in [0.29, 0.717) is 25.1 Å². The maximum absolute atomic E-state index is 12.5.